The summed E-state index contributed by atoms with van der Waals surface area (Å²) in [5.41, 5.74) is 1.33. The summed E-state index contributed by atoms with van der Waals surface area (Å²) in [6, 6.07) is 6.79. The highest BCUT2D eigenvalue weighted by Crippen LogP contribution is 2.25. The summed E-state index contributed by atoms with van der Waals surface area (Å²) in [5.74, 6) is -1.28. The summed E-state index contributed by atoms with van der Waals surface area (Å²) in [6.45, 7) is 2.61. The normalized spacial score (nSPS) is 16.8. The van der Waals surface area contributed by atoms with Crippen molar-refractivity contribution >= 4 is 11.9 Å². The van der Waals surface area contributed by atoms with Crippen molar-refractivity contribution in [2.45, 2.75) is 13.5 Å². The Bertz CT molecular complexity index is 477. The van der Waals surface area contributed by atoms with Crippen LogP contribution in [0.1, 0.15) is 22.8 Å². The molecule has 1 saturated heterocycles. The first kappa shape index (κ1) is 13.5. The lowest BCUT2D eigenvalue weighted by Crippen LogP contribution is -2.53. The molecule has 5 heteroatoms. The highest BCUT2D eigenvalue weighted by Gasteiger charge is 2.37. The molecule has 0 spiro atoms. The number of aliphatic carboxylic acids is 1. The van der Waals surface area contributed by atoms with E-state index in [-0.39, 0.29) is 18.4 Å². The van der Waals surface area contributed by atoms with Crippen molar-refractivity contribution in [3.8, 4) is 0 Å². The van der Waals surface area contributed by atoms with Crippen LogP contribution in [-0.4, -0.2) is 40.1 Å². The molecule has 0 aliphatic carbocycles. The van der Waals surface area contributed by atoms with E-state index in [0.29, 0.717) is 18.7 Å². The molecule has 0 radical (unpaired) electrons. The zero-order chi connectivity index (χ0) is 14.0. The molecular weight excluding hydrogens is 246 g/mol. The van der Waals surface area contributed by atoms with E-state index in [1.165, 1.54) is 0 Å². The second-order valence-electron chi connectivity index (χ2n) is 4.95. The Morgan fingerprint density at radius 1 is 1.32 bits per heavy atom. The average Bonchev–Trinajstić information content (AvgIpc) is 2.36. The number of benzene rings is 1. The number of nitrogens with zero attached hydrogens (tertiary/aromatic N) is 1. The Balaban J connectivity index is 1.94. The Hall–Kier alpha value is -1.88. The van der Waals surface area contributed by atoms with Crippen LogP contribution in [-0.2, 0) is 11.4 Å². The van der Waals surface area contributed by atoms with Crippen LogP contribution in [0.5, 0.6) is 0 Å². The molecule has 2 rings (SSSR count). The first-order valence-electron chi connectivity index (χ1n) is 6.24. The topological polar surface area (TPSA) is 77.8 Å². The van der Waals surface area contributed by atoms with E-state index in [9.17, 15) is 9.59 Å². The standard InChI is InChI=1S/C14H17NO4/c1-9(14(18)19)12-6-15(7-12)13(17)11-4-2-10(8-16)3-5-11/h2-5,9,12,16H,6-8H2,1H3,(H,18,19). The summed E-state index contributed by atoms with van der Waals surface area (Å²) in [7, 11) is 0. The molecule has 2 N–H and O–H groups in total. The molecule has 1 aliphatic heterocycles. The van der Waals surface area contributed by atoms with E-state index in [1.54, 1.807) is 36.1 Å². The molecule has 102 valence electrons. The monoisotopic (exact) mass is 263 g/mol. The maximum absolute atomic E-state index is 12.1. The van der Waals surface area contributed by atoms with Gasteiger partial charge in [0.25, 0.3) is 5.91 Å². The van der Waals surface area contributed by atoms with Gasteiger partial charge in [-0.3, -0.25) is 9.59 Å². The van der Waals surface area contributed by atoms with Crippen LogP contribution >= 0.6 is 0 Å². The summed E-state index contributed by atoms with van der Waals surface area (Å²) in [4.78, 5) is 24.6. The van der Waals surface area contributed by atoms with E-state index < -0.39 is 11.9 Å². The molecule has 1 heterocycles. The third-order valence-electron chi connectivity index (χ3n) is 3.68. The Morgan fingerprint density at radius 3 is 2.37 bits per heavy atom. The van der Waals surface area contributed by atoms with Gasteiger partial charge in [-0.05, 0) is 17.7 Å². The van der Waals surface area contributed by atoms with E-state index in [0.717, 1.165) is 5.56 Å². The Kier molecular flexibility index (Phi) is 3.85. The zero-order valence-corrected chi connectivity index (χ0v) is 10.7. The molecule has 1 unspecified atom stereocenters. The number of aliphatic hydroxyl groups is 1. The molecule has 1 aromatic rings. The smallest absolute Gasteiger partial charge is 0.306 e. The highest BCUT2D eigenvalue weighted by atomic mass is 16.4. The van der Waals surface area contributed by atoms with Gasteiger partial charge in [-0.25, -0.2) is 0 Å². The minimum Gasteiger partial charge on any atom is -0.481 e. The average molecular weight is 263 g/mol. The van der Waals surface area contributed by atoms with Crippen LogP contribution in [0.4, 0.5) is 0 Å². The number of carboxylic acids is 1. The van der Waals surface area contributed by atoms with Gasteiger partial charge in [0.05, 0.1) is 12.5 Å². The van der Waals surface area contributed by atoms with Gasteiger partial charge in [0.1, 0.15) is 0 Å². The molecule has 1 amide bonds. The Morgan fingerprint density at radius 2 is 1.89 bits per heavy atom. The van der Waals surface area contributed by atoms with Crippen LogP contribution < -0.4 is 0 Å². The van der Waals surface area contributed by atoms with Gasteiger partial charge >= 0.3 is 5.97 Å². The van der Waals surface area contributed by atoms with Crippen molar-refractivity contribution < 1.29 is 19.8 Å². The van der Waals surface area contributed by atoms with Crippen molar-refractivity contribution in [1.82, 2.24) is 4.90 Å². The molecule has 1 aromatic carbocycles. The molecule has 1 aliphatic rings. The largest absolute Gasteiger partial charge is 0.481 e. The first-order chi connectivity index (χ1) is 9.02. The van der Waals surface area contributed by atoms with Crippen molar-refractivity contribution in [2.24, 2.45) is 11.8 Å². The molecule has 0 aromatic heterocycles. The van der Waals surface area contributed by atoms with Crippen LogP contribution in [0.3, 0.4) is 0 Å². The van der Waals surface area contributed by atoms with Crippen molar-refractivity contribution in [1.29, 1.82) is 0 Å². The Labute approximate surface area is 111 Å². The van der Waals surface area contributed by atoms with Gasteiger partial charge in [0, 0.05) is 24.6 Å². The number of hydrogen-bond donors (Lipinski definition) is 2. The van der Waals surface area contributed by atoms with Crippen molar-refractivity contribution in [3.63, 3.8) is 0 Å². The van der Waals surface area contributed by atoms with Crippen LogP contribution in [0.2, 0.25) is 0 Å². The quantitative estimate of drug-likeness (QED) is 0.848. The number of amides is 1. The second-order valence-corrected chi connectivity index (χ2v) is 4.95. The predicted molar refractivity (Wildman–Crippen MR) is 68.6 cm³/mol. The number of likely N-dealkylation sites (tertiary alicyclic amines) is 1. The molecular formula is C14H17NO4. The lowest BCUT2D eigenvalue weighted by atomic mass is 9.86. The van der Waals surface area contributed by atoms with Gasteiger partial charge in [-0.1, -0.05) is 19.1 Å². The van der Waals surface area contributed by atoms with E-state index in [2.05, 4.69) is 0 Å². The fourth-order valence-electron chi connectivity index (χ4n) is 2.13. The van der Waals surface area contributed by atoms with E-state index in [1.807, 2.05) is 0 Å². The maximum atomic E-state index is 12.1. The van der Waals surface area contributed by atoms with Crippen molar-refractivity contribution in [3.05, 3.63) is 35.4 Å². The molecule has 1 atom stereocenters. The fourth-order valence-corrected chi connectivity index (χ4v) is 2.13. The van der Waals surface area contributed by atoms with Gasteiger partial charge in [-0.2, -0.15) is 0 Å². The minimum absolute atomic E-state index is 0.0400. The van der Waals surface area contributed by atoms with Crippen LogP contribution in [0.25, 0.3) is 0 Å². The zero-order valence-electron chi connectivity index (χ0n) is 10.7. The van der Waals surface area contributed by atoms with Gasteiger partial charge in [0.15, 0.2) is 0 Å². The highest BCUT2D eigenvalue weighted by molar-refractivity contribution is 5.94. The lowest BCUT2D eigenvalue weighted by Gasteiger charge is -2.41. The maximum Gasteiger partial charge on any atom is 0.306 e. The SMILES string of the molecule is CC(C(=O)O)C1CN(C(=O)c2ccc(CO)cc2)C1. The lowest BCUT2D eigenvalue weighted by molar-refractivity contribution is -0.144. The van der Waals surface area contributed by atoms with Gasteiger partial charge in [0.2, 0.25) is 0 Å². The molecule has 1 fully saturated rings. The summed E-state index contributed by atoms with van der Waals surface area (Å²) in [6.07, 6.45) is 0. The predicted octanol–water partition coefficient (Wildman–Crippen LogP) is 0.972. The third kappa shape index (κ3) is 2.76. The molecule has 0 bridgehead atoms. The number of rotatable bonds is 4. The van der Waals surface area contributed by atoms with Crippen LogP contribution in [0, 0.1) is 11.8 Å². The van der Waals surface area contributed by atoms with E-state index in [4.69, 9.17) is 10.2 Å². The second kappa shape index (κ2) is 5.40. The summed E-state index contributed by atoms with van der Waals surface area (Å²) >= 11 is 0. The third-order valence-corrected chi connectivity index (χ3v) is 3.68. The minimum atomic E-state index is -0.815. The summed E-state index contributed by atoms with van der Waals surface area (Å²) < 4.78 is 0. The van der Waals surface area contributed by atoms with Crippen molar-refractivity contribution in [2.75, 3.05) is 13.1 Å². The fraction of sp³-hybridized carbons (Fsp3) is 0.429. The van der Waals surface area contributed by atoms with E-state index >= 15 is 0 Å². The molecule has 5 nitrogen and oxygen atoms in total. The molecule has 0 saturated carbocycles. The first-order valence-corrected chi connectivity index (χ1v) is 6.24. The molecule has 19 heavy (non-hydrogen) atoms. The summed E-state index contributed by atoms with van der Waals surface area (Å²) in [5, 5.41) is 17.8. The van der Waals surface area contributed by atoms with Gasteiger partial charge in [-0.15, -0.1) is 0 Å². The number of carbonyl (C=O) groups is 2. The number of carbonyl (C=O) groups excluding carboxylic acids is 1. The van der Waals surface area contributed by atoms with Gasteiger partial charge < -0.3 is 15.1 Å². The number of hydrogen-bond acceptors (Lipinski definition) is 3. The number of carboxylic acid groups (broad SMARTS) is 1. The van der Waals surface area contributed by atoms with Crippen LogP contribution in [0.15, 0.2) is 24.3 Å². The number of aliphatic hydroxyl groups excluding tert-OH is 1.